The summed E-state index contributed by atoms with van der Waals surface area (Å²) in [5.74, 6) is 0. The van der Waals surface area contributed by atoms with Crippen LogP contribution in [0.2, 0.25) is 5.02 Å². The number of hydrogen-bond donors (Lipinski definition) is 1. The van der Waals surface area contributed by atoms with Gasteiger partial charge in [0.1, 0.15) is 9.46 Å². The normalized spacial score (nSPS) is 13.4. The zero-order valence-electron chi connectivity index (χ0n) is 13.9. The van der Waals surface area contributed by atoms with Gasteiger partial charge < -0.3 is 0 Å². The maximum atomic E-state index is 13.1. The van der Waals surface area contributed by atoms with Crippen molar-refractivity contribution in [3.05, 3.63) is 82.7 Å². The van der Waals surface area contributed by atoms with Crippen molar-refractivity contribution in [3.8, 4) is 0 Å². The van der Waals surface area contributed by atoms with Crippen molar-refractivity contribution in [3.63, 3.8) is 0 Å². The van der Waals surface area contributed by atoms with Crippen molar-refractivity contribution in [2.24, 2.45) is 0 Å². The van der Waals surface area contributed by atoms with Crippen LogP contribution in [0.5, 0.6) is 0 Å². The fourth-order valence-electron chi connectivity index (χ4n) is 2.54. The summed E-state index contributed by atoms with van der Waals surface area (Å²) in [6.07, 6.45) is 0. The monoisotopic (exact) mass is 441 g/mol. The topological polar surface area (TPSA) is 80.3 Å². The van der Waals surface area contributed by atoms with Gasteiger partial charge in [-0.15, -0.1) is 11.3 Å². The Balaban J connectivity index is 1.93. The number of halogens is 1. The third-order valence-electron chi connectivity index (χ3n) is 3.89. The summed E-state index contributed by atoms with van der Waals surface area (Å²) in [6.45, 7) is -0.293. The molecule has 0 spiro atoms. The van der Waals surface area contributed by atoms with Gasteiger partial charge in [0.05, 0.1) is 4.90 Å². The van der Waals surface area contributed by atoms with Crippen LogP contribution < -0.4 is 4.72 Å². The third kappa shape index (κ3) is 4.59. The molecular formula is C18H16ClNO4S3. The number of hydrogen-bond acceptors (Lipinski definition) is 5. The molecule has 1 heterocycles. The predicted molar refractivity (Wildman–Crippen MR) is 107 cm³/mol. The van der Waals surface area contributed by atoms with Crippen LogP contribution in [-0.4, -0.2) is 23.4 Å². The number of nitrogens with one attached hydrogen (secondary N) is 1. The number of sulfone groups is 1. The second-order valence-electron chi connectivity index (χ2n) is 5.69. The molecule has 0 saturated heterocycles. The Kier molecular flexibility index (Phi) is 6.02. The highest BCUT2D eigenvalue weighted by atomic mass is 35.5. The summed E-state index contributed by atoms with van der Waals surface area (Å²) in [6, 6.07) is 17.5. The van der Waals surface area contributed by atoms with E-state index in [1.54, 1.807) is 47.8 Å². The molecule has 1 aromatic heterocycles. The van der Waals surface area contributed by atoms with Gasteiger partial charge in [0.25, 0.3) is 0 Å². The Morgan fingerprint density at radius 2 is 1.67 bits per heavy atom. The summed E-state index contributed by atoms with van der Waals surface area (Å²) in [5, 5.41) is 0.903. The average molecular weight is 442 g/mol. The van der Waals surface area contributed by atoms with Crippen LogP contribution in [0, 0.1) is 0 Å². The van der Waals surface area contributed by atoms with Crippen molar-refractivity contribution in [2.75, 3.05) is 6.54 Å². The Hall–Kier alpha value is -1.71. The van der Waals surface area contributed by atoms with Crippen LogP contribution in [0.15, 0.2) is 81.2 Å². The van der Waals surface area contributed by atoms with Gasteiger partial charge in [0.15, 0.2) is 9.84 Å². The number of rotatable bonds is 7. The van der Waals surface area contributed by atoms with Gasteiger partial charge in [0, 0.05) is 11.6 Å². The molecule has 0 aliphatic heterocycles. The van der Waals surface area contributed by atoms with E-state index in [1.165, 1.54) is 24.3 Å². The first kappa shape index (κ1) is 20.0. The number of benzene rings is 2. The molecule has 0 bridgehead atoms. The molecule has 0 amide bonds. The van der Waals surface area contributed by atoms with E-state index in [-0.39, 0.29) is 20.7 Å². The van der Waals surface area contributed by atoms with Crippen molar-refractivity contribution in [1.29, 1.82) is 0 Å². The number of sulfonamides is 1. The first-order valence-corrected chi connectivity index (χ1v) is 12.2. The van der Waals surface area contributed by atoms with Crippen molar-refractivity contribution >= 4 is 42.8 Å². The van der Waals surface area contributed by atoms with E-state index >= 15 is 0 Å². The fraction of sp³-hybridized carbons (Fsp3) is 0.111. The van der Waals surface area contributed by atoms with E-state index in [9.17, 15) is 16.8 Å². The minimum Gasteiger partial charge on any atom is -0.222 e. The lowest BCUT2D eigenvalue weighted by Crippen LogP contribution is -2.31. The molecule has 0 fully saturated rings. The highest BCUT2D eigenvalue weighted by Crippen LogP contribution is 2.31. The Bertz CT molecular complexity index is 1110. The Morgan fingerprint density at radius 3 is 2.30 bits per heavy atom. The van der Waals surface area contributed by atoms with Gasteiger partial charge in [-0.2, -0.15) is 0 Å². The van der Waals surface area contributed by atoms with E-state index in [0.29, 0.717) is 5.56 Å². The zero-order valence-corrected chi connectivity index (χ0v) is 17.2. The molecule has 1 N–H and O–H groups in total. The average Bonchev–Trinajstić information content (AvgIpc) is 3.18. The molecule has 0 aliphatic rings. The SMILES string of the molecule is O=S(=O)(NCC(c1ccccc1)S(=O)(=O)c1cccs1)c1cccc(Cl)c1. The first-order chi connectivity index (χ1) is 12.8. The van der Waals surface area contributed by atoms with Gasteiger partial charge in [-0.05, 0) is 35.2 Å². The molecule has 1 unspecified atom stereocenters. The maximum absolute atomic E-state index is 13.1. The summed E-state index contributed by atoms with van der Waals surface area (Å²) < 4.78 is 53.9. The van der Waals surface area contributed by atoms with Crippen molar-refractivity contribution in [1.82, 2.24) is 4.72 Å². The van der Waals surface area contributed by atoms with Gasteiger partial charge in [-0.1, -0.05) is 54.1 Å². The van der Waals surface area contributed by atoms with Gasteiger partial charge in [-0.25, -0.2) is 21.6 Å². The van der Waals surface area contributed by atoms with Gasteiger partial charge >= 0.3 is 0 Å². The van der Waals surface area contributed by atoms with Gasteiger partial charge in [-0.3, -0.25) is 0 Å². The molecule has 3 rings (SSSR count). The van der Waals surface area contributed by atoms with E-state index < -0.39 is 25.1 Å². The van der Waals surface area contributed by atoms with E-state index in [2.05, 4.69) is 4.72 Å². The minimum atomic E-state index is -3.91. The molecular weight excluding hydrogens is 426 g/mol. The first-order valence-electron chi connectivity index (χ1n) is 7.88. The van der Waals surface area contributed by atoms with Crippen LogP contribution in [0.3, 0.4) is 0 Å². The Labute approximate surface area is 167 Å². The van der Waals surface area contributed by atoms with Crippen LogP contribution in [0.4, 0.5) is 0 Å². The highest BCUT2D eigenvalue weighted by Gasteiger charge is 2.31. The minimum absolute atomic E-state index is 0.0182. The standard InChI is InChI=1S/C18H16ClNO4S3/c19-15-8-4-9-16(12-15)27(23,24)20-13-17(14-6-2-1-3-7-14)26(21,22)18-10-5-11-25-18/h1-12,17,20H,13H2. The van der Waals surface area contributed by atoms with Crippen LogP contribution >= 0.6 is 22.9 Å². The molecule has 0 saturated carbocycles. The lowest BCUT2D eigenvalue weighted by Gasteiger charge is -2.18. The highest BCUT2D eigenvalue weighted by molar-refractivity contribution is 7.93. The second-order valence-corrected chi connectivity index (χ2v) is 11.2. The molecule has 3 aromatic rings. The van der Waals surface area contributed by atoms with E-state index in [0.717, 1.165) is 11.3 Å². The smallest absolute Gasteiger partial charge is 0.222 e. The van der Waals surface area contributed by atoms with Crippen LogP contribution in [0.1, 0.15) is 10.8 Å². The molecule has 9 heteroatoms. The number of thiophene rings is 1. The molecule has 2 aromatic carbocycles. The lowest BCUT2D eigenvalue weighted by molar-refractivity contribution is 0.570. The zero-order chi connectivity index (χ0) is 19.5. The summed E-state index contributed by atoms with van der Waals surface area (Å²) in [7, 11) is -7.67. The van der Waals surface area contributed by atoms with Gasteiger partial charge in [0.2, 0.25) is 10.0 Å². The third-order valence-corrected chi connectivity index (χ3v) is 9.07. The second kappa shape index (κ2) is 8.12. The van der Waals surface area contributed by atoms with Crippen molar-refractivity contribution in [2.45, 2.75) is 14.4 Å². The molecule has 0 aliphatic carbocycles. The molecule has 142 valence electrons. The molecule has 1 atom stereocenters. The lowest BCUT2D eigenvalue weighted by atomic mass is 10.1. The van der Waals surface area contributed by atoms with Crippen LogP contribution in [0.25, 0.3) is 0 Å². The quantitative estimate of drug-likeness (QED) is 0.603. The van der Waals surface area contributed by atoms with E-state index in [1.807, 2.05) is 0 Å². The Morgan fingerprint density at radius 1 is 0.926 bits per heavy atom. The molecule has 0 radical (unpaired) electrons. The summed E-state index contributed by atoms with van der Waals surface area (Å²) in [5.41, 5.74) is 0.514. The molecule has 5 nitrogen and oxygen atoms in total. The maximum Gasteiger partial charge on any atom is 0.240 e. The fourth-order valence-corrected chi connectivity index (χ4v) is 6.86. The van der Waals surface area contributed by atoms with Crippen molar-refractivity contribution < 1.29 is 16.8 Å². The largest absolute Gasteiger partial charge is 0.240 e. The van der Waals surface area contributed by atoms with Crippen LogP contribution in [-0.2, 0) is 19.9 Å². The summed E-state index contributed by atoms with van der Waals surface area (Å²) in [4.78, 5) is -0.0182. The predicted octanol–water partition coefficient (Wildman–Crippen LogP) is 3.90. The molecule has 27 heavy (non-hydrogen) atoms. The summed E-state index contributed by atoms with van der Waals surface area (Å²) >= 11 is 6.96. The van der Waals surface area contributed by atoms with E-state index in [4.69, 9.17) is 11.6 Å².